The molecular formula is C24H28N2. The first-order chi connectivity index (χ1) is 12.4. The van der Waals surface area contributed by atoms with E-state index in [1.165, 1.54) is 33.4 Å². The van der Waals surface area contributed by atoms with Gasteiger partial charge in [-0.05, 0) is 51.3 Å². The Balaban J connectivity index is 1.91. The molecule has 3 rings (SSSR count). The second-order valence-electron chi connectivity index (χ2n) is 7.42. The minimum Gasteiger partial charge on any atom is -0.278 e. The molecule has 134 valence electrons. The fraction of sp³-hybridized carbons (Fsp3) is 0.292. The van der Waals surface area contributed by atoms with E-state index in [-0.39, 0.29) is 0 Å². The van der Waals surface area contributed by atoms with Crippen LogP contribution in [0.15, 0.2) is 70.9 Å². The third kappa shape index (κ3) is 4.13. The van der Waals surface area contributed by atoms with Crippen LogP contribution in [0.3, 0.4) is 0 Å². The third-order valence-corrected chi connectivity index (χ3v) is 5.00. The van der Waals surface area contributed by atoms with Crippen LogP contribution in [0, 0.1) is 26.7 Å². The van der Waals surface area contributed by atoms with Gasteiger partial charge in [0.15, 0.2) is 0 Å². The maximum atomic E-state index is 4.85. The van der Waals surface area contributed by atoms with E-state index in [1.54, 1.807) is 0 Å². The van der Waals surface area contributed by atoms with Gasteiger partial charge in [-0.15, -0.1) is 0 Å². The average Bonchev–Trinajstić information content (AvgIpc) is 2.91. The van der Waals surface area contributed by atoms with Crippen molar-refractivity contribution in [2.75, 3.05) is 5.43 Å². The SMILES string of the molecule is CC1=CC(CC(=NNc2c(C)cc(C)cc2C)c2ccccc2)C(C)=C1. The Kier molecular flexibility index (Phi) is 5.41. The zero-order chi connectivity index (χ0) is 18.7. The zero-order valence-electron chi connectivity index (χ0n) is 16.4. The summed E-state index contributed by atoms with van der Waals surface area (Å²) >= 11 is 0. The Hall–Kier alpha value is -2.61. The number of aryl methyl sites for hydroxylation is 3. The highest BCUT2D eigenvalue weighted by Crippen LogP contribution is 2.28. The standard InChI is InChI=1S/C24H28N2/c1-16-12-19(4)24(20(5)13-16)26-25-23(21-9-7-6-8-10-21)15-22-14-17(2)11-18(22)3/h6-14,22,26H,15H2,1-5H3. The highest BCUT2D eigenvalue weighted by atomic mass is 15.3. The first-order valence-corrected chi connectivity index (χ1v) is 9.26. The highest BCUT2D eigenvalue weighted by molar-refractivity contribution is 6.01. The van der Waals surface area contributed by atoms with Crippen molar-refractivity contribution in [3.05, 3.63) is 88.0 Å². The van der Waals surface area contributed by atoms with Crippen LogP contribution >= 0.6 is 0 Å². The Morgan fingerprint density at radius 2 is 1.62 bits per heavy atom. The van der Waals surface area contributed by atoms with Crippen molar-refractivity contribution in [3.8, 4) is 0 Å². The van der Waals surface area contributed by atoms with Gasteiger partial charge >= 0.3 is 0 Å². The number of benzene rings is 2. The van der Waals surface area contributed by atoms with Crippen LogP contribution in [0.2, 0.25) is 0 Å². The number of nitrogens with zero attached hydrogens (tertiary/aromatic N) is 1. The molecule has 1 aliphatic rings. The molecule has 0 saturated carbocycles. The fourth-order valence-electron chi connectivity index (χ4n) is 3.73. The molecule has 0 spiro atoms. The molecule has 0 amide bonds. The molecule has 0 radical (unpaired) electrons. The zero-order valence-corrected chi connectivity index (χ0v) is 16.4. The molecule has 0 heterocycles. The van der Waals surface area contributed by atoms with Gasteiger partial charge in [-0.3, -0.25) is 5.43 Å². The summed E-state index contributed by atoms with van der Waals surface area (Å²) in [5, 5.41) is 4.85. The second-order valence-corrected chi connectivity index (χ2v) is 7.42. The van der Waals surface area contributed by atoms with Gasteiger partial charge in [-0.1, -0.05) is 71.3 Å². The molecule has 2 nitrogen and oxygen atoms in total. The molecule has 2 aromatic carbocycles. The molecule has 0 fully saturated rings. The minimum absolute atomic E-state index is 0.427. The second kappa shape index (κ2) is 7.74. The molecule has 1 N–H and O–H groups in total. The topological polar surface area (TPSA) is 24.4 Å². The molecule has 2 aromatic rings. The van der Waals surface area contributed by atoms with Gasteiger partial charge in [0.05, 0.1) is 11.4 Å². The van der Waals surface area contributed by atoms with E-state index in [0.717, 1.165) is 17.8 Å². The van der Waals surface area contributed by atoms with Gasteiger partial charge in [0.25, 0.3) is 0 Å². The number of rotatable bonds is 5. The van der Waals surface area contributed by atoms with Crippen molar-refractivity contribution in [3.63, 3.8) is 0 Å². The van der Waals surface area contributed by atoms with Crippen molar-refractivity contribution in [1.82, 2.24) is 0 Å². The van der Waals surface area contributed by atoms with Gasteiger partial charge in [0.1, 0.15) is 0 Å². The maximum Gasteiger partial charge on any atom is 0.0688 e. The molecular weight excluding hydrogens is 316 g/mol. The lowest BCUT2D eigenvalue weighted by molar-refractivity contribution is 0.812. The van der Waals surface area contributed by atoms with Crippen LogP contribution < -0.4 is 5.43 Å². The maximum absolute atomic E-state index is 4.85. The van der Waals surface area contributed by atoms with E-state index < -0.39 is 0 Å². The number of hydrogen-bond acceptors (Lipinski definition) is 2. The lowest BCUT2D eigenvalue weighted by Crippen LogP contribution is -2.11. The van der Waals surface area contributed by atoms with Crippen molar-refractivity contribution in [2.45, 2.75) is 41.0 Å². The fourth-order valence-corrected chi connectivity index (χ4v) is 3.73. The molecule has 0 bridgehead atoms. The van der Waals surface area contributed by atoms with E-state index in [4.69, 9.17) is 5.10 Å². The van der Waals surface area contributed by atoms with E-state index in [9.17, 15) is 0 Å². The van der Waals surface area contributed by atoms with Gasteiger partial charge in [-0.25, -0.2) is 0 Å². The van der Waals surface area contributed by atoms with Crippen molar-refractivity contribution in [1.29, 1.82) is 0 Å². The van der Waals surface area contributed by atoms with Crippen LogP contribution in [0.4, 0.5) is 5.69 Å². The molecule has 2 heteroatoms. The Labute approximate surface area is 157 Å². The molecule has 0 aromatic heterocycles. The summed E-state index contributed by atoms with van der Waals surface area (Å²) in [5.74, 6) is 0.427. The minimum atomic E-state index is 0.427. The van der Waals surface area contributed by atoms with E-state index in [2.05, 4.69) is 88.6 Å². The van der Waals surface area contributed by atoms with Gasteiger partial charge in [0, 0.05) is 12.3 Å². The molecule has 1 unspecified atom stereocenters. The van der Waals surface area contributed by atoms with Crippen molar-refractivity contribution < 1.29 is 0 Å². The number of anilines is 1. The molecule has 0 aliphatic heterocycles. The van der Waals surface area contributed by atoms with Crippen LogP contribution in [0.5, 0.6) is 0 Å². The number of hydrazone groups is 1. The number of hydrogen-bond donors (Lipinski definition) is 1. The molecule has 1 aliphatic carbocycles. The van der Waals surface area contributed by atoms with Gasteiger partial charge in [-0.2, -0.15) is 5.10 Å². The summed E-state index contributed by atoms with van der Waals surface area (Å²) in [6, 6.07) is 14.9. The van der Waals surface area contributed by atoms with E-state index in [1.807, 2.05) is 6.07 Å². The van der Waals surface area contributed by atoms with Gasteiger partial charge < -0.3 is 0 Å². The number of allylic oxidation sites excluding steroid dienone is 4. The first-order valence-electron chi connectivity index (χ1n) is 9.26. The van der Waals surface area contributed by atoms with Crippen LogP contribution in [0.25, 0.3) is 0 Å². The highest BCUT2D eigenvalue weighted by Gasteiger charge is 2.17. The van der Waals surface area contributed by atoms with E-state index >= 15 is 0 Å². The summed E-state index contributed by atoms with van der Waals surface area (Å²) in [6.45, 7) is 10.8. The average molecular weight is 345 g/mol. The summed E-state index contributed by atoms with van der Waals surface area (Å²) < 4.78 is 0. The molecule has 1 atom stereocenters. The lowest BCUT2D eigenvalue weighted by Gasteiger charge is -2.15. The van der Waals surface area contributed by atoms with Crippen LogP contribution in [0.1, 0.15) is 42.5 Å². The van der Waals surface area contributed by atoms with Gasteiger partial charge in [0.2, 0.25) is 0 Å². The monoisotopic (exact) mass is 344 g/mol. The first kappa shape index (κ1) is 18.2. The summed E-state index contributed by atoms with van der Waals surface area (Å²) in [6.07, 6.45) is 5.52. The largest absolute Gasteiger partial charge is 0.278 e. The van der Waals surface area contributed by atoms with E-state index in [0.29, 0.717) is 5.92 Å². The summed E-state index contributed by atoms with van der Waals surface area (Å²) in [5.41, 5.74) is 13.2. The smallest absolute Gasteiger partial charge is 0.0688 e. The number of nitrogens with one attached hydrogen (secondary N) is 1. The van der Waals surface area contributed by atoms with Crippen molar-refractivity contribution in [2.24, 2.45) is 11.0 Å². The predicted octanol–water partition coefficient (Wildman–Crippen LogP) is 6.34. The predicted molar refractivity (Wildman–Crippen MR) is 113 cm³/mol. The quantitative estimate of drug-likeness (QED) is 0.496. The summed E-state index contributed by atoms with van der Waals surface area (Å²) in [4.78, 5) is 0. The van der Waals surface area contributed by atoms with Crippen LogP contribution in [-0.4, -0.2) is 5.71 Å². The lowest BCUT2D eigenvalue weighted by atomic mass is 9.94. The third-order valence-electron chi connectivity index (χ3n) is 5.00. The molecule has 0 saturated heterocycles. The van der Waals surface area contributed by atoms with Crippen molar-refractivity contribution >= 4 is 11.4 Å². The summed E-state index contributed by atoms with van der Waals surface area (Å²) in [7, 11) is 0. The van der Waals surface area contributed by atoms with Crippen LogP contribution in [-0.2, 0) is 0 Å². The Bertz CT molecular complexity index is 863. The Morgan fingerprint density at radius 1 is 0.962 bits per heavy atom. The molecule has 26 heavy (non-hydrogen) atoms. The Morgan fingerprint density at radius 3 is 2.19 bits per heavy atom. The normalized spacial score (nSPS) is 17.1.